The van der Waals surface area contributed by atoms with Crippen LogP contribution in [0, 0.1) is 34.5 Å². The number of carbonyl (C=O) groups is 2. The van der Waals surface area contributed by atoms with Gasteiger partial charge in [0.15, 0.2) is 0 Å². The lowest BCUT2D eigenvalue weighted by Crippen LogP contribution is -2.54. The zero-order valence-corrected chi connectivity index (χ0v) is 21.4. The third-order valence-electron chi connectivity index (χ3n) is 10.2. The molecule has 4 aliphatic rings. The first-order chi connectivity index (χ1) is 16.1. The molecule has 0 radical (unpaired) electrons. The van der Waals surface area contributed by atoms with Gasteiger partial charge in [-0.1, -0.05) is 32.1 Å². The Morgan fingerprint density at radius 2 is 1.94 bits per heavy atom. The Kier molecular flexibility index (Phi) is 5.61. The first-order valence-electron chi connectivity index (χ1n) is 13.1. The van der Waals surface area contributed by atoms with E-state index in [-0.39, 0.29) is 28.6 Å². The summed E-state index contributed by atoms with van der Waals surface area (Å²) in [7, 11) is 1.67. The van der Waals surface area contributed by atoms with Crippen molar-refractivity contribution in [3.05, 3.63) is 41.6 Å². The molecule has 1 saturated heterocycles. The number of piperidine rings is 1. The molecule has 2 amide bonds. The Bertz CT molecular complexity index is 1030. The molecule has 3 aliphatic carbocycles. The van der Waals surface area contributed by atoms with Crippen LogP contribution in [0.5, 0.6) is 5.75 Å². The van der Waals surface area contributed by atoms with Gasteiger partial charge in [-0.15, -0.1) is 0 Å². The van der Waals surface area contributed by atoms with Gasteiger partial charge in [-0.3, -0.25) is 9.59 Å². The van der Waals surface area contributed by atoms with E-state index in [9.17, 15) is 9.59 Å². The number of carbonyl (C=O) groups excluding carboxylic acids is 2. The van der Waals surface area contributed by atoms with Crippen LogP contribution in [0.15, 0.2) is 36.0 Å². The van der Waals surface area contributed by atoms with Gasteiger partial charge in [-0.25, -0.2) is 0 Å². The van der Waals surface area contributed by atoms with Gasteiger partial charge in [0.1, 0.15) is 5.75 Å². The summed E-state index contributed by atoms with van der Waals surface area (Å²) < 4.78 is 5.40. The standard InChI is InChI=1S/C29H40N2O3/c1-27(2,18-7-6-8-19(17-18)34-5)31-26(33)23-11-10-21-20-9-12-24-29(4,16-14-25(32)30-24)22(20)13-15-28(21,23)3/h6-8,12,17,20-23H,9-11,13-16H2,1-5H3,(H,30,32)(H,31,33)/t20-,21-,22+,23?,28-,29+/m0/s1. The minimum atomic E-state index is -0.465. The Hall–Kier alpha value is -2.30. The number of rotatable bonds is 4. The molecule has 1 aromatic rings. The van der Waals surface area contributed by atoms with E-state index in [1.807, 2.05) is 18.2 Å². The van der Waals surface area contributed by atoms with Gasteiger partial charge in [0.25, 0.3) is 0 Å². The molecule has 1 aliphatic heterocycles. The van der Waals surface area contributed by atoms with E-state index in [0.717, 1.165) is 49.8 Å². The third kappa shape index (κ3) is 3.58. The second kappa shape index (κ2) is 8.13. The summed E-state index contributed by atoms with van der Waals surface area (Å²) in [4.78, 5) is 25.8. The van der Waals surface area contributed by atoms with Crippen LogP contribution in [-0.4, -0.2) is 18.9 Å². The van der Waals surface area contributed by atoms with Gasteiger partial charge in [0, 0.05) is 23.5 Å². The number of allylic oxidation sites excluding steroid dienone is 2. The summed E-state index contributed by atoms with van der Waals surface area (Å²) in [6.07, 6.45) is 9.24. The molecule has 5 nitrogen and oxygen atoms in total. The topological polar surface area (TPSA) is 67.4 Å². The summed E-state index contributed by atoms with van der Waals surface area (Å²) in [5.74, 6) is 2.98. The zero-order valence-electron chi connectivity index (χ0n) is 21.4. The Morgan fingerprint density at radius 3 is 2.71 bits per heavy atom. The van der Waals surface area contributed by atoms with Crippen LogP contribution in [0.3, 0.4) is 0 Å². The SMILES string of the molecule is COc1cccc(C(C)(C)NC(=O)C2CC[C@H]3[C@@H]4CC=C5NC(=O)CC[C@]5(C)[C@@H]4CC[C@]23C)c1. The van der Waals surface area contributed by atoms with Crippen LogP contribution in [-0.2, 0) is 15.1 Å². The van der Waals surface area contributed by atoms with Crippen molar-refractivity contribution in [1.29, 1.82) is 0 Å². The number of nitrogens with one attached hydrogen (secondary N) is 2. The van der Waals surface area contributed by atoms with Crippen LogP contribution in [0.1, 0.15) is 78.2 Å². The quantitative estimate of drug-likeness (QED) is 0.635. The number of methoxy groups -OCH3 is 1. The maximum atomic E-state index is 13.7. The Balaban J connectivity index is 1.35. The van der Waals surface area contributed by atoms with Crippen molar-refractivity contribution < 1.29 is 14.3 Å². The molecule has 184 valence electrons. The fraction of sp³-hybridized carbons (Fsp3) is 0.655. The summed E-state index contributed by atoms with van der Waals surface area (Å²) in [6.45, 7) is 8.91. The van der Waals surface area contributed by atoms with Crippen molar-refractivity contribution in [2.45, 2.75) is 78.2 Å². The number of ether oxygens (including phenoxy) is 1. The molecule has 3 fully saturated rings. The van der Waals surface area contributed by atoms with Crippen LogP contribution in [0.25, 0.3) is 0 Å². The number of hydrogen-bond acceptors (Lipinski definition) is 3. The largest absolute Gasteiger partial charge is 0.497 e. The normalized spacial score (nSPS) is 37.0. The van der Waals surface area contributed by atoms with Crippen LogP contribution >= 0.6 is 0 Å². The van der Waals surface area contributed by atoms with Gasteiger partial charge >= 0.3 is 0 Å². The zero-order chi connectivity index (χ0) is 24.3. The number of fused-ring (bicyclic) bond motifs is 5. The smallest absolute Gasteiger partial charge is 0.224 e. The Morgan fingerprint density at radius 1 is 1.15 bits per heavy atom. The van der Waals surface area contributed by atoms with Crippen LogP contribution in [0.4, 0.5) is 0 Å². The number of benzene rings is 1. The average Bonchev–Trinajstić information content (AvgIpc) is 3.16. The fourth-order valence-electron chi connectivity index (χ4n) is 8.10. The third-order valence-corrected chi connectivity index (χ3v) is 10.2. The van der Waals surface area contributed by atoms with Crippen molar-refractivity contribution >= 4 is 11.8 Å². The molecular weight excluding hydrogens is 424 g/mol. The first kappa shape index (κ1) is 23.4. The highest BCUT2D eigenvalue weighted by atomic mass is 16.5. The van der Waals surface area contributed by atoms with Crippen molar-refractivity contribution in [3.8, 4) is 5.75 Å². The highest BCUT2D eigenvalue weighted by molar-refractivity contribution is 5.81. The molecular formula is C29H40N2O3. The summed E-state index contributed by atoms with van der Waals surface area (Å²) in [5.41, 5.74) is 1.87. The molecule has 5 heteroatoms. The van der Waals surface area contributed by atoms with E-state index in [1.165, 1.54) is 5.70 Å². The lowest BCUT2D eigenvalue weighted by Gasteiger charge is -2.57. The van der Waals surface area contributed by atoms with Gasteiger partial charge < -0.3 is 15.4 Å². The monoisotopic (exact) mass is 464 g/mol. The van der Waals surface area contributed by atoms with E-state index < -0.39 is 5.54 Å². The summed E-state index contributed by atoms with van der Waals surface area (Å²) in [5, 5.41) is 6.59. The van der Waals surface area contributed by atoms with E-state index in [0.29, 0.717) is 24.2 Å². The maximum absolute atomic E-state index is 13.7. The van der Waals surface area contributed by atoms with Gasteiger partial charge in [-0.2, -0.15) is 0 Å². The predicted octanol–water partition coefficient (Wildman–Crippen LogP) is 5.31. The number of amides is 2. The van der Waals surface area contributed by atoms with Crippen LogP contribution < -0.4 is 15.4 Å². The molecule has 1 aromatic carbocycles. The number of hydrogen-bond donors (Lipinski definition) is 2. The fourth-order valence-corrected chi connectivity index (χ4v) is 8.10. The van der Waals surface area contributed by atoms with Crippen molar-refractivity contribution in [2.24, 2.45) is 34.5 Å². The highest BCUT2D eigenvalue weighted by Gasteiger charge is 2.60. The van der Waals surface area contributed by atoms with E-state index in [2.05, 4.69) is 50.5 Å². The molecule has 0 spiro atoms. The van der Waals surface area contributed by atoms with E-state index in [1.54, 1.807) is 7.11 Å². The van der Waals surface area contributed by atoms with Gasteiger partial charge in [0.2, 0.25) is 11.8 Å². The highest BCUT2D eigenvalue weighted by Crippen LogP contribution is 2.65. The molecule has 2 saturated carbocycles. The predicted molar refractivity (Wildman–Crippen MR) is 133 cm³/mol. The van der Waals surface area contributed by atoms with Crippen molar-refractivity contribution in [3.63, 3.8) is 0 Å². The van der Waals surface area contributed by atoms with Crippen molar-refractivity contribution in [2.75, 3.05) is 7.11 Å². The molecule has 5 rings (SSSR count). The maximum Gasteiger partial charge on any atom is 0.224 e. The van der Waals surface area contributed by atoms with Gasteiger partial charge in [-0.05, 0) is 93.2 Å². The van der Waals surface area contributed by atoms with Crippen molar-refractivity contribution in [1.82, 2.24) is 10.6 Å². The molecule has 0 aromatic heterocycles. The molecule has 6 atom stereocenters. The average molecular weight is 465 g/mol. The first-order valence-corrected chi connectivity index (χ1v) is 13.1. The van der Waals surface area contributed by atoms with Gasteiger partial charge in [0.05, 0.1) is 12.6 Å². The Labute approximate surface area is 204 Å². The lowest BCUT2D eigenvalue weighted by atomic mass is 9.49. The minimum absolute atomic E-state index is 0.0370. The summed E-state index contributed by atoms with van der Waals surface area (Å²) in [6, 6.07) is 7.99. The second-order valence-electron chi connectivity index (χ2n) is 12.2. The summed E-state index contributed by atoms with van der Waals surface area (Å²) >= 11 is 0. The molecule has 1 unspecified atom stereocenters. The molecule has 34 heavy (non-hydrogen) atoms. The molecule has 0 bridgehead atoms. The molecule has 1 heterocycles. The van der Waals surface area contributed by atoms with E-state index in [4.69, 9.17) is 4.74 Å². The lowest BCUT2D eigenvalue weighted by molar-refractivity contribution is -0.134. The second-order valence-corrected chi connectivity index (χ2v) is 12.2. The minimum Gasteiger partial charge on any atom is -0.497 e. The van der Waals surface area contributed by atoms with Crippen LogP contribution in [0.2, 0.25) is 0 Å². The molecule has 2 N–H and O–H groups in total. The van der Waals surface area contributed by atoms with E-state index >= 15 is 0 Å².